The highest BCUT2D eigenvalue weighted by Gasteiger charge is 2.25. The molecule has 5 heteroatoms. The summed E-state index contributed by atoms with van der Waals surface area (Å²) in [5.74, 6) is 1.31. The molecule has 100 valence electrons. The van der Waals surface area contributed by atoms with Crippen LogP contribution in [0.2, 0.25) is 0 Å². The van der Waals surface area contributed by atoms with E-state index in [0.717, 1.165) is 18.6 Å². The van der Waals surface area contributed by atoms with E-state index >= 15 is 0 Å². The Morgan fingerprint density at radius 1 is 1.17 bits per heavy atom. The van der Waals surface area contributed by atoms with Gasteiger partial charge in [-0.05, 0) is 36.5 Å². The molecule has 0 aromatic heterocycles. The number of sulfonamides is 1. The summed E-state index contributed by atoms with van der Waals surface area (Å²) < 4.78 is 29.5. The van der Waals surface area contributed by atoms with Crippen molar-refractivity contribution in [2.24, 2.45) is 0 Å². The molecular formula is C13H19NO3S. The highest BCUT2D eigenvalue weighted by molar-refractivity contribution is 7.88. The van der Waals surface area contributed by atoms with Crippen molar-refractivity contribution in [1.29, 1.82) is 0 Å². The van der Waals surface area contributed by atoms with Gasteiger partial charge in [-0.3, -0.25) is 0 Å². The van der Waals surface area contributed by atoms with E-state index in [1.165, 1.54) is 11.8 Å². The summed E-state index contributed by atoms with van der Waals surface area (Å²) in [5.41, 5.74) is 1.27. The third kappa shape index (κ3) is 3.03. The number of nitrogens with zero attached hydrogens (tertiary/aromatic N) is 1. The quantitative estimate of drug-likeness (QED) is 0.841. The van der Waals surface area contributed by atoms with Crippen molar-refractivity contribution >= 4 is 10.0 Å². The normalized spacial score (nSPS) is 18.8. The van der Waals surface area contributed by atoms with Crippen molar-refractivity contribution in [2.75, 3.05) is 26.5 Å². The predicted octanol–water partition coefficient (Wildman–Crippen LogP) is 1.83. The van der Waals surface area contributed by atoms with Gasteiger partial charge in [-0.1, -0.05) is 12.1 Å². The van der Waals surface area contributed by atoms with Crippen LogP contribution < -0.4 is 4.74 Å². The Labute approximate surface area is 109 Å². The van der Waals surface area contributed by atoms with Crippen LogP contribution in [0, 0.1) is 0 Å². The second-order valence-corrected chi connectivity index (χ2v) is 6.69. The first-order valence-electron chi connectivity index (χ1n) is 6.10. The van der Waals surface area contributed by atoms with Crippen LogP contribution in [0.3, 0.4) is 0 Å². The molecule has 1 aliphatic heterocycles. The Morgan fingerprint density at radius 3 is 2.17 bits per heavy atom. The van der Waals surface area contributed by atoms with Gasteiger partial charge in [0.1, 0.15) is 5.75 Å². The van der Waals surface area contributed by atoms with Gasteiger partial charge >= 0.3 is 0 Å². The van der Waals surface area contributed by atoms with Crippen LogP contribution in [-0.2, 0) is 10.0 Å². The molecule has 2 rings (SSSR count). The second kappa shape index (κ2) is 5.28. The summed E-state index contributed by atoms with van der Waals surface area (Å²) in [7, 11) is -1.38. The average molecular weight is 269 g/mol. The third-order valence-electron chi connectivity index (χ3n) is 3.51. The van der Waals surface area contributed by atoms with Crippen molar-refractivity contribution in [1.82, 2.24) is 4.31 Å². The Kier molecular flexibility index (Phi) is 3.92. The van der Waals surface area contributed by atoms with Crippen LogP contribution in [0.25, 0.3) is 0 Å². The van der Waals surface area contributed by atoms with E-state index in [1.807, 2.05) is 12.1 Å². The van der Waals surface area contributed by atoms with Crippen molar-refractivity contribution in [3.8, 4) is 5.75 Å². The van der Waals surface area contributed by atoms with Crippen LogP contribution in [0.4, 0.5) is 0 Å². The maximum Gasteiger partial charge on any atom is 0.211 e. The number of hydrogen-bond donors (Lipinski definition) is 0. The first-order valence-corrected chi connectivity index (χ1v) is 7.94. The molecule has 4 nitrogen and oxygen atoms in total. The van der Waals surface area contributed by atoms with Crippen molar-refractivity contribution in [3.05, 3.63) is 29.8 Å². The van der Waals surface area contributed by atoms with E-state index in [9.17, 15) is 8.42 Å². The lowest BCUT2D eigenvalue weighted by Gasteiger charge is -2.30. The predicted molar refractivity (Wildman–Crippen MR) is 71.4 cm³/mol. The maximum absolute atomic E-state index is 11.4. The molecule has 0 unspecified atom stereocenters. The zero-order chi connectivity index (χ0) is 13.2. The van der Waals surface area contributed by atoms with E-state index in [0.29, 0.717) is 19.0 Å². The number of benzene rings is 1. The minimum absolute atomic E-state index is 0.453. The first kappa shape index (κ1) is 13.4. The molecule has 0 bridgehead atoms. The molecule has 1 aliphatic rings. The summed E-state index contributed by atoms with van der Waals surface area (Å²) in [6.45, 7) is 1.24. The van der Waals surface area contributed by atoms with E-state index in [1.54, 1.807) is 11.4 Å². The molecule has 0 spiro atoms. The third-order valence-corrected chi connectivity index (χ3v) is 4.81. The number of hydrogen-bond acceptors (Lipinski definition) is 3. The molecule has 1 aromatic rings. The summed E-state index contributed by atoms with van der Waals surface area (Å²) in [5, 5.41) is 0. The fourth-order valence-corrected chi connectivity index (χ4v) is 3.27. The van der Waals surface area contributed by atoms with Crippen LogP contribution in [0.5, 0.6) is 5.75 Å². The number of ether oxygens (including phenoxy) is 1. The van der Waals surface area contributed by atoms with Gasteiger partial charge in [0.25, 0.3) is 0 Å². The molecule has 1 heterocycles. The molecule has 0 N–H and O–H groups in total. The van der Waals surface area contributed by atoms with Crippen LogP contribution >= 0.6 is 0 Å². The smallest absolute Gasteiger partial charge is 0.211 e. The molecule has 1 aromatic carbocycles. The Bertz CT molecular complexity index is 487. The standard InChI is InChI=1S/C13H19NO3S/c1-17-13-5-3-11(4-6-13)12-7-9-14(10-8-12)18(2,15)16/h3-6,12H,7-10H2,1-2H3. The Hall–Kier alpha value is -1.07. The first-order chi connectivity index (χ1) is 8.50. The zero-order valence-corrected chi connectivity index (χ0v) is 11.6. The van der Waals surface area contributed by atoms with Gasteiger partial charge in [0, 0.05) is 13.1 Å². The van der Waals surface area contributed by atoms with Gasteiger partial charge in [0.05, 0.1) is 13.4 Å². The van der Waals surface area contributed by atoms with E-state index in [4.69, 9.17) is 4.74 Å². The van der Waals surface area contributed by atoms with Gasteiger partial charge < -0.3 is 4.74 Å². The Balaban J connectivity index is 2.01. The number of methoxy groups -OCH3 is 1. The lowest BCUT2D eigenvalue weighted by Crippen LogP contribution is -2.37. The summed E-state index contributed by atoms with van der Waals surface area (Å²) in [4.78, 5) is 0. The largest absolute Gasteiger partial charge is 0.497 e. The van der Waals surface area contributed by atoms with Gasteiger partial charge in [-0.2, -0.15) is 0 Å². The molecule has 0 radical (unpaired) electrons. The van der Waals surface area contributed by atoms with Crippen LogP contribution in [0.15, 0.2) is 24.3 Å². The lowest BCUT2D eigenvalue weighted by atomic mass is 9.90. The number of piperidine rings is 1. The molecule has 1 fully saturated rings. The molecule has 0 saturated carbocycles. The average Bonchev–Trinajstić information content (AvgIpc) is 2.38. The summed E-state index contributed by atoms with van der Waals surface area (Å²) in [6.07, 6.45) is 3.06. The molecule has 0 atom stereocenters. The van der Waals surface area contributed by atoms with E-state index < -0.39 is 10.0 Å². The van der Waals surface area contributed by atoms with Crippen LogP contribution in [-0.4, -0.2) is 39.2 Å². The second-order valence-electron chi connectivity index (χ2n) is 4.71. The highest BCUT2D eigenvalue weighted by atomic mass is 32.2. The summed E-state index contributed by atoms with van der Waals surface area (Å²) >= 11 is 0. The summed E-state index contributed by atoms with van der Waals surface area (Å²) in [6, 6.07) is 8.05. The minimum Gasteiger partial charge on any atom is -0.497 e. The van der Waals surface area contributed by atoms with Gasteiger partial charge in [0.2, 0.25) is 10.0 Å². The van der Waals surface area contributed by atoms with E-state index in [2.05, 4.69) is 12.1 Å². The monoisotopic (exact) mass is 269 g/mol. The van der Waals surface area contributed by atoms with Crippen molar-refractivity contribution in [3.63, 3.8) is 0 Å². The molecule has 0 aliphatic carbocycles. The van der Waals surface area contributed by atoms with Gasteiger partial charge in [-0.15, -0.1) is 0 Å². The molecule has 18 heavy (non-hydrogen) atoms. The fraction of sp³-hybridized carbons (Fsp3) is 0.538. The van der Waals surface area contributed by atoms with Crippen molar-refractivity contribution in [2.45, 2.75) is 18.8 Å². The fourth-order valence-electron chi connectivity index (χ4n) is 2.40. The molecule has 1 saturated heterocycles. The number of rotatable bonds is 3. The molecular weight excluding hydrogens is 250 g/mol. The zero-order valence-electron chi connectivity index (χ0n) is 10.8. The molecule has 0 amide bonds. The van der Waals surface area contributed by atoms with Gasteiger partial charge in [0.15, 0.2) is 0 Å². The topological polar surface area (TPSA) is 46.6 Å². The SMILES string of the molecule is COc1ccc(C2CCN(S(C)(=O)=O)CC2)cc1. The Morgan fingerprint density at radius 2 is 1.72 bits per heavy atom. The van der Waals surface area contributed by atoms with Crippen LogP contribution in [0.1, 0.15) is 24.3 Å². The van der Waals surface area contributed by atoms with E-state index in [-0.39, 0.29) is 0 Å². The maximum atomic E-state index is 11.4. The van der Waals surface area contributed by atoms with Gasteiger partial charge in [-0.25, -0.2) is 12.7 Å². The minimum atomic E-state index is -3.03. The van der Waals surface area contributed by atoms with Crippen molar-refractivity contribution < 1.29 is 13.2 Å². The highest BCUT2D eigenvalue weighted by Crippen LogP contribution is 2.29. The lowest BCUT2D eigenvalue weighted by molar-refractivity contribution is 0.321.